The van der Waals surface area contributed by atoms with Crippen molar-refractivity contribution in [1.82, 2.24) is 4.90 Å². The van der Waals surface area contributed by atoms with Gasteiger partial charge in [0.05, 0.1) is 21.7 Å². The molecule has 0 spiro atoms. The summed E-state index contributed by atoms with van der Waals surface area (Å²) in [4.78, 5) is 48.7. The maximum Gasteiger partial charge on any atom is 0.341 e. The minimum absolute atomic E-state index is 0.143. The lowest BCUT2D eigenvalue weighted by molar-refractivity contribution is -0.150. The highest BCUT2D eigenvalue weighted by Gasteiger charge is 2.41. The molecular weight excluding hydrogens is 529 g/mol. The number of amides is 2. The highest BCUT2D eigenvalue weighted by molar-refractivity contribution is 14.1. The van der Waals surface area contributed by atoms with Gasteiger partial charge in [-0.2, -0.15) is 0 Å². The van der Waals surface area contributed by atoms with E-state index < -0.39 is 35.7 Å². The minimum atomic E-state index is -1.12. The summed E-state index contributed by atoms with van der Waals surface area (Å²) in [6.07, 6.45) is 1.51. The molecule has 0 bridgehead atoms. The first-order valence-corrected chi connectivity index (χ1v) is 10.8. The number of imide groups is 1. The van der Waals surface area contributed by atoms with Crippen LogP contribution in [0.25, 0.3) is 6.08 Å². The number of hydrogen-bond acceptors (Lipinski definition) is 8. The largest absolute Gasteiger partial charge is 0.490 e. The van der Waals surface area contributed by atoms with Gasteiger partial charge in [0.1, 0.15) is 6.04 Å². The van der Waals surface area contributed by atoms with Crippen molar-refractivity contribution in [3.05, 3.63) is 26.2 Å². The van der Waals surface area contributed by atoms with E-state index >= 15 is 0 Å². The van der Waals surface area contributed by atoms with Gasteiger partial charge < -0.3 is 19.3 Å². The van der Waals surface area contributed by atoms with E-state index in [9.17, 15) is 19.2 Å². The number of benzene rings is 1. The molecule has 1 saturated heterocycles. The smallest absolute Gasteiger partial charge is 0.341 e. The van der Waals surface area contributed by atoms with Crippen LogP contribution < -0.4 is 9.47 Å². The Bertz CT molecular complexity index is 901. The number of nitrogens with zero attached hydrogens (tertiary/aromatic N) is 1. The van der Waals surface area contributed by atoms with Gasteiger partial charge in [0.15, 0.2) is 18.1 Å². The first kappa shape index (κ1) is 24.0. The van der Waals surface area contributed by atoms with Crippen molar-refractivity contribution < 1.29 is 38.5 Å². The SMILES string of the molecule is CCOC(=O)[C@H](C)N1C(=O)S/C(=C/c2cc(I)c(OCC(=O)O)c(OCC)c2)C1=O. The normalized spacial score (nSPS) is 16.0. The molecule has 1 atom stereocenters. The number of carbonyl (C=O) groups is 4. The number of ether oxygens (including phenoxy) is 3. The predicted octanol–water partition coefficient (Wildman–Crippen LogP) is 3.14. The molecular formula is C19H20INO8S. The summed E-state index contributed by atoms with van der Waals surface area (Å²) in [6.45, 7) is 4.77. The molecule has 1 N–H and O–H groups in total. The Kier molecular flexibility index (Phi) is 8.53. The van der Waals surface area contributed by atoms with E-state index in [0.29, 0.717) is 21.5 Å². The summed E-state index contributed by atoms with van der Waals surface area (Å²) in [5.41, 5.74) is 0.555. The highest BCUT2D eigenvalue weighted by atomic mass is 127. The Morgan fingerprint density at radius 3 is 2.53 bits per heavy atom. The lowest BCUT2D eigenvalue weighted by Crippen LogP contribution is -2.42. The Morgan fingerprint density at radius 1 is 1.23 bits per heavy atom. The van der Waals surface area contributed by atoms with Crippen LogP contribution in [0.3, 0.4) is 0 Å². The van der Waals surface area contributed by atoms with Gasteiger partial charge in [-0.15, -0.1) is 0 Å². The number of carboxylic acid groups (broad SMARTS) is 1. The molecule has 1 aromatic carbocycles. The van der Waals surface area contributed by atoms with E-state index in [4.69, 9.17) is 19.3 Å². The van der Waals surface area contributed by atoms with Crippen molar-refractivity contribution in [3.8, 4) is 11.5 Å². The van der Waals surface area contributed by atoms with Crippen LogP contribution in [0.1, 0.15) is 26.3 Å². The topological polar surface area (TPSA) is 119 Å². The van der Waals surface area contributed by atoms with Gasteiger partial charge >= 0.3 is 11.9 Å². The van der Waals surface area contributed by atoms with Crippen LogP contribution in [0.2, 0.25) is 0 Å². The van der Waals surface area contributed by atoms with Crippen molar-refractivity contribution >= 4 is 63.5 Å². The van der Waals surface area contributed by atoms with Gasteiger partial charge in [-0.05, 0) is 78.9 Å². The zero-order valence-corrected chi connectivity index (χ0v) is 19.4. The van der Waals surface area contributed by atoms with Crippen LogP contribution in [0.4, 0.5) is 4.79 Å². The summed E-state index contributed by atoms with van der Waals surface area (Å²) in [6, 6.07) is 2.23. The summed E-state index contributed by atoms with van der Waals surface area (Å²) in [5, 5.41) is 8.28. The monoisotopic (exact) mass is 549 g/mol. The number of rotatable bonds is 9. The Balaban J connectivity index is 2.33. The first-order chi connectivity index (χ1) is 14.2. The third-order valence-electron chi connectivity index (χ3n) is 3.81. The van der Waals surface area contributed by atoms with Gasteiger partial charge in [0.2, 0.25) is 0 Å². The van der Waals surface area contributed by atoms with Gasteiger partial charge in [-0.25, -0.2) is 9.59 Å². The molecule has 2 rings (SSSR count). The molecule has 11 heteroatoms. The van der Waals surface area contributed by atoms with Crippen LogP contribution in [0, 0.1) is 3.57 Å². The van der Waals surface area contributed by atoms with Crippen LogP contribution >= 0.6 is 34.4 Å². The average molecular weight is 549 g/mol. The van der Waals surface area contributed by atoms with E-state index in [1.54, 1.807) is 26.0 Å². The molecule has 0 saturated carbocycles. The van der Waals surface area contributed by atoms with Crippen molar-refractivity contribution in [2.24, 2.45) is 0 Å². The highest BCUT2D eigenvalue weighted by Crippen LogP contribution is 2.38. The summed E-state index contributed by atoms with van der Waals surface area (Å²) >= 11 is 2.69. The van der Waals surface area contributed by atoms with Crippen LogP contribution in [0.15, 0.2) is 17.0 Å². The third kappa shape index (κ3) is 5.65. The zero-order chi connectivity index (χ0) is 22.4. The molecule has 0 aromatic heterocycles. The number of thioether (sulfide) groups is 1. The number of aliphatic carboxylic acids is 1. The van der Waals surface area contributed by atoms with Crippen molar-refractivity contribution in [2.75, 3.05) is 19.8 Å². The minimum Gasteiger partial charge on any atom is -0.490 e. The Hall–Kier alpha value is -2.28. The van der Waals surface area contributed by atoms with Gasteiger partial charge in [0, 0.05) is 0 Å². The maximum atomic E-state index is 12.7. The Labute approximate surface area is 190 Å². The summed E-state index contributed by atoms with van der Waals surface area (Å²) in [7, 11) is 0. The van der Waals surface area contributed by atoms with E-state index in [-0.39, 0.29) is 17.3 Å². The number of carbonyl (C=O) groups excluding carboxylic acids is 3. The van der Waals surface area contributed by atoms with Gasteiger partial charge in [0.25, 0.3) is 11.1 Å². The fourth-order valence-corrected chi connectivity index (χ4v) is 4.23. The number of esters is 1. The van der Waals surface area contributed by atoms with Crippen LogP contribution in [0.5, 0.6) is 11.5 Å². The Morgan fingerprint density at radius 2 is 1.93 bits per heavy atom. The summed E-state index contributed by atoms with van der Waals surface area (Å²) in [5.74, 6) is -1.78. The van der Waals surface area contributed by atoms with Gasteiger partial charge in [-0.3, -0.25) is 14.5 Å². The quantitative estimate of drug-likeness (QED) is 0.282. The molecule has 1 fully saturated rings. The summed E-state index contributed by atoms with van der Waals surface area (Å²) < 4.78 is 16.3. The predicted molar refractivity (Wildman–Crippen MR) is 117 cm³/mol. The van der Waals surface area contributed by atoms with Crippen molar-refractivity contribution in [2.45, 2.75) is 26.8 Å². The first-order valence-electron chi connectivity index (χ1n) is 8.94. The second-order valence-electron chi connectivity index (χ2n) is 5.93. The lowest BCUT2D eigenvalue weighted by Gasteiger charge is -2.19. The standard InChI is InChI=1S/C19H20INO8S/c1-4-27-13-7-11(6-12(20)16(13)29-9-15(22)23)8-14-17(24)21(19(26)30-14)10(3)18(25)28-5-2/h6-8,10H,4-5,9H2,1-3H3,(H,22,23)/b14-8+/t10-/m0/s1. The molecule has 0 unspecified atom stereocenters. The fraction of sp³-hybridized carbons (Fsp3) is 0.368. The van der Waals surface area contributed by atoms with Crippen molar-refractivity contribution in [1.29, 1.82) is 0 Å². The molecule has 0 radical (unpaired) electrons. The lowest BCUT2D eigenvalue weighted by atomic mass is 10.1. The zero-order valence-electron chi connectivity index (χ0n) is 16.5. The average Bonchev–Trinajstić information content (AvgIpc) is 2.94. The van der Waals surface area contributed by atoms with E-state index in [1.807, 2.05) is 22.6 Å². The molecule has 1 aromatic rings. The van der Waals surface area contributed by atoms with Crippen molar-refractivity contribution in [3.63, 3.8) is 0 Å². The molecule has 1 heterocycles. The fourth-order valence-electron chi connectivity index (χ4n) is 2.54. The van der Waals surface area contributed by atoms with E-state index in [0.717, 1.165) is 16.7 Å². The molecule has 2 amide bonds. The molecule has 162 valence electrons. The molecule has 30 heavy (non-hydrogen) atoms. The number of carboxylic acids is 1. The third-order valence-corrected chi connectivity index (χ3v) is 5.49. The second kappa shape index (κ2) is 10.7. The maximum absolute atomic E-state index is 12.7. The van der Waals surface area contributed by atoms with Gasteiger partial charge in [-0.1, -0.05) is 0 Å². The van der Waals surface area contributed by atoms with Crippen LogP contribution in [-0.2, 0) is 19.1 Å². The number of halogens is 1. The van der Waals surface area contributed by atoms with E-state index in [2.05, 4.69) is 0 Å². The molecule has 0 aliphatic carbocycles. The van der Waals surface area contributed by atoms with E-state index in [1.165, 1.54) is 13.0 Å². The molecule has 1 aliphatic heterocycles. The molecule has 9 nitrogen and oxygen atoms in total. The molecule has 1 aliphatic rings. The second-order valence-corrected chi connectivity index (χ2v) is 8.08. The number of hydrogen-bond donors (Lipinski definition) is 1. The van der Waals surface area contributed by atoms with Crippen LogP contribution in [-0.4, -0.2) is 59.0 Å².